The van der Waals surface area contributed by atoms with Crippen molar-refractivity contribution in [2.45, 2.75) is 70.7 Å². The highest BCUT2D eigenvalue weighted by Crippen LogP contribution is 2.42. The van der Waals surface area contributed by atoms with E-state index in [-0.39, 0.29) is 69.4 Å². The number of fused-ring (bicyclic) bond motifs is 1. The minimum Gasteiger partial charge on any atom is -0.477 e. The lowest BCUT2D eigenvalue weighted by Crippen LogP contribution is -2.63. The van der Waals surface area contributed by atoms with Crippen molar-refractivity contribution in [3.8, 4) is 0 Å². The van der Waals surface area contributed by atoms with Crippen molar-refractivity contribution >= 4 is 69.8 Å². The molecule has 7 N–H and O–H groups in total. The molecule has 1 aliphatic heterocycles. The van der Waals surface area contributed by atoms with Crippen LogP contribution < -0.4 is 37.3 Å². The van der Waals surface area contributed by atoms with Gasteiger partial charge in [0.2, 0.25) is 17.2 Å². The third-order valence-electron chi connectivity index (χ3n) is 11.6. The monoisotopic (exact) mass is 874 g/mol. The second kappa shape index (κ2) is 19.5. The number of primary amides is 1. The molecule has 2 aromatic heterocycles. The number of amides is 5. The van der Waals surface area contributed by atoms with Crippen LogP contribution in [-0.4, -0.2) is 95.6 Å². The molecule has 2 aromatic carbocycles. The molecule has 330 valence electrons. The number of urea groups is 1. The zero-order valence-electron chi connectivity index (χ0n) is 34.5. The third-order valence-corrected chi connectivity index (χ3v) is 12.7. The number of hydrogen-bond acceptors (Lipinski definition) is 11. The van der Waals surface area contributed by atoms with Gasteiger partial charge < -0.3 is 56.0 Å². The van der Waals surface area contributed by atoms with Crippen LogP contribution in [0.15, 0.2) is 64.9 Å². The van der Waals surface area contributed by atoms with Crippen LogP contribution in [0.1, 0.15) is 72.8 Å². The number of carboxylic acids is 1. The van der Waals surface area contributed by atoms with E-state index in [1.165, 1.54) is 28.5 Å². The van der Waals surface area contributed by atoms with Gasteiger partial charge in [-0.05, 0) is 80.8 Å². The van der Waals surface area contributed by atoms with Gasteiger partial charge in [-0.2, -0.15) is 0 Å². The Morgan fingerprint density at radius 3 is 2.39 bits per heavy atom. The Hall–Kier alpha value is -6.50. The molecule has 0 bridgehead atoms. The smallest absolute Gasteiger partial charge is 0.410 e. The number of aromatic nitrogens is 1. The molecular weight excluding hydrogens is 824 g/mol. The zero-order valence-corrected chi connectivity index (χ0v) is 35.4. The number of pyridine rings is 1. The van der Waals surface area contributed by atoms with E-state index < -0.39 is 57.7 Å². The van der Waals surface area contributed by atoms with Gasteiger partial charge in [-0.15, -0.1) is 11.3 Å². The number of nitrogens with one attached hydrogen (secondary N) is 4. The number of benzene rings is 2. The Kier molecular flexibility index (Phi) is 14.1. The van der Waals surface area contributed by atoms with Crippen molar-refractivity contribution in [2.24, 2.45) is 11.1 Å². The molecule has 1 saturated heterocycles. The fourth-order valence-electron chi connectivity index (χ4n) is 7.72. The van der Waals surface area contributed by atoms with E-state index in [1.807, 2.05) is 24.4 Å². The second-order valence-electron chi connectivity index (χ2n) is 15.6. The fraction of sp³-hybridized carbons (Fsp3) is 0.419. The molecule has 19 heteroatoms. The minimum absolute atomic E-state index is 0.0248. The van der Waals surface area contributed by atoms with Gasteiger partial charge in [-0.1, -0.05) is 24.6 Å². The van der Waals surface area contributed by atoms with Crippen LogP contribution in [0.25, 0.3) is 10.9 Å². The zero-order chi connectivity index (χ0) is 44.6. The summed E-state index contributed by atoms with van der Waals surface area (Å²) >= 11 is 1.50. The van der Waals surface area contributed by atoms with Crippen LogP contribution in [0.4, 0.5) is 25.4 Å². The van der Waals surface area contributed by atoms with Crippen molar-refractivity contribution in [1.82, 2.24) is 25.4 Å². The van der Waals surface area contributed by atoms with Crippen LogP contribution in [0.2, 0.25) is 0 Å². The number of ether oxygens (including phenoxy) is 1. The average molecular weight is 875 g/mol. The highest BCUT2D eigenvalue weighted by atomic mass is 32.1. The maximum atomic E-state index is 15.4. The van der Waals surface area contributed by atoms with Crippen LogP contribution in [0.5, 0.6) is 0 Å². The van der Waals surface area contributed by atoms with Gasteiger partial charge in [0.15, 0.2) is 0 Å². The Balaban J connectivity index is 1.04. The van der Waals surface area contributed by atoms with Gasteiger partial charge in [-0.25, -0.2) is 18.8 Å². The Bertz CT molecular complexity index is 2360. The molecule has 17 nitrogen and oxygen atoms in total. The van der Waals surface area contributed by atoms with E-state index in [0.717, 1.165) is 10.9 Å². The topological polar surface area (TPSA) is 234 Å². The molecule has 0 radical (unpaired) electrons. The predicted octanol–water partition coefficient (Wildman–Crippen LogP) is 4.34. The molecule has 5 amide bonds. The lowest BCUT2D eigenvalue weighted by atomic mass is 9.66. The number of carboxylic acid groups (broad SMARTS) is 1. The molecule has 6 rings (SSSR count). The first-order chi connectivity index (χ1) is 29.7. The van der Waals surface area contributed by atoms with E-state index in [9.17, 15) is 38.7 Å². The molecule has 2 unspecified atom stereocenters. The summed E-state index contributed by atoms with van der Waals surface area (Å²) in [7, 11) is 0. The number of aromatic carboxylic acids is 1. The Morgan fingerprint density at radius 1 is 1.06 bits per heavy atom. The summed E-state index contributed by atoms with van der Waals surface area (Å²) in [6, 6.07) is 12.3. The van der Waals surface area contributed by atoms with E-state index in [0.29, 0.717) is 55.3 Å². The first-order valence-electron chi connectivity index (χ1n) is 20.4. The van der Waals surface area contributed by atoms with Gasteiger partial charge in [-0.3, -0.25) is 14.4 Å². The lowest BCUT2D eigenvalue weighted by Gasteiger charge is -2.42. The largest absolute Gasteiger partial charge is 0.477 e. The molecule has 3 heterocycles. The summed E-state index contributed by atoms with van der Waals surface area (Å²) in [5, 5.41) is 22.9. The summed E-state index contributed by atoms with van der Waals surface area (Å²) in [4.78, 5) is 93.3. The number of aldehydes is 1. The molecule has 0 spiro atoms. The average Bonchev–Trinajstić information content (AvgIpc) is 3.79. The van der Waals surface area contributed by atoms with Crippen LogP contribution in [0, 0.1) is 11.2 Å². The van der Waals surface area contributed by atoms with E-state index >= 15 is 4.39 Å². The standard InChI is InChI=1S/C43H51FN8O9S/c1-3-50-23-31(37(55)56)36(54)30-21-32(44)34(22-33(30)50)51-16-18-52(19-17-51)41(60)61-24-28-8-10-29(11-9-28)47-25-42(26-53,12-6-15-46-40(45)59)49-39(58)43(13-5-14-43)38(57)48-27(2)35-7-4-20-62-35/h4,7-11,20-23,26-27,47H,3,5-6,12-19,24-25H2,1-2H3,(H,48,57)(H,49,58)(H,55,56)(H3,45,46,59). The highest BCUT2D eigenvalue weighted by molar-refractivity contribution is 7.10. The fourth-order valence-corrected chi connectivity index (χ4v) is 8.45. The number of aryl methyl sites for hydroxylation is 1. The van der Waals surface area contributed by atoms with Gasteiger partial charge in [0.1, 0.15) is 35.2 Å². The third kappa shape index (κ3) is 9.99. The van der Waals surface area contributed by atoms with Crippen LogP contribution >= 0.6 is 11.3 Å². The molecule has 1 saturated carbocycles. The molecular formula is C43H51FN8O9S. The number of rotatable bonds is 18. The summed E-state index contributed by atoms with van der Waals surface area (Å²) in [6.45, 7) is 5.15. The second-order valence-corrected chi connectivity index (χ2v) is 16.6. The van der Waals surface area contributed by atoms with Crippen molar-refractivity contribution in [2.75, 3.05) is 49.5 Å². The molecule has 1 aliphatic carbocycles. The van der Waals surface area contributed by atoms with E-state index in [1.54, 1.807) is 40.7 Å². The van der Waals surface area contributed by atoms with Gasteiger partial charge in [0.25, 0.3) is 0 Å². The number of nitrogens with two attached hydrogens (primary N) is 1. The summed E-state index contributed by atoms with van der Waals surface area (Å²) in [5.41, 5.74) is 3.19. The first-order valence-corrected chi connectivity index (χ1v) is 21.3. The van der Waals surface area contributed by atoms with Gasteiger partial charge >= 0.3 is 18.1 Å². The Labute approximate surface area is 360 Å². The number of hydrogen-bond donors (Lipinski definition) is 6. The molecule has 4 aromatic rings. The van der Waals surface area contributed by atoms with Gasteiger partial charge in [0.05, 0.1) is 17.2 Å². The first kappa shape index (κ1) is 45.0. The maximum absolute atomic E-state index is 15.4. The number of anilines is 2. The number of nitrogens with zero attached hydrogens (tertiary/aromatic N) is 3. The number of thiophene rings is 1. The molecule has 2 fully saturated rings. The van der Waals surface area contributed by atoms with Crippen molar-refractivity contribution in [1.29, 1.82) is 0 Å². The normalized spacial score (nSPS) is 16.0. The summed E-state index contributed by atoms with van der Waals surface area (Å²) in [5.74, 6) is -3.00. The number of carbonyl (C=O) groups excluding carboxylic acids is 5. The van der Waals surface area contributed by atoms with Crippen LogP contribution in [-0.2, 0) is 32.3 Å². The number of carbonyl (C=O) groups is 6. The summed E-state index contributed by atoms with van der Waals surface area (Å²) in [6.07, 6.45) is 3.15. The number of halogens is 1. The van der Waals surface area contributed by atoms with E-state index in [4.69, 9.17) is 10.5 Å². The molecule has 2 atom stereocenters. The van der Waals surface area contributed by atoms with Crippen molar-refractivity contribution in [3.63, 3.8) is 0 Å². The van der Waals surface area contributed by atoms with Crippen molar-refractivity contribution < 1.29 is 43.0 Å². The molecule has 2 aliphatic rings. The highest BCUT2D eigenvalue weighted by Gasteiger charge is 2.53. The minimum atomic E-state index is -1.44. The lowest BCUT2D eigenvalue weighted by molar-refractivity contribution is -0.152. The quantitative estimate of drug-likeness (QED) is 0.0468. The predicted molar refractivity (Wildman–Crippen MR) is 231 cm³/mol. The van der Waals surface area contributed by atoms with Crippen LogP contribution in [0.3, 0.4) is 0 Å². The van der Waals surface area contributed by atoms with E-state index in [2.05, 4.69) is 21.3 Å². The number of piperazine rings is 1. The SMILES string of the molecule is CCn1cc(C(=O)O)c(=O)c2cc(F)c(N3CCN(C(=O)OCc4ccc(NCC(C=O)(CCCNC(N)=O)NC(=O)C5(C(=O)NC(C)c6cccs6)CCC5)cc4)CC3)cc21. The summed E-state index contributed by atoms with van der Waals surface area (Å²) < 4.78 is 22.5. The maximum Gasteiger partial charge on any atom is 0.410 e. The van der Waals surface area contributed by atoms with Gasteiger partial charge in [0, 0.05) is 68.0 Å². The molecule has 62 heavy (non-hydrogen) atoms. The van der Waals surface area contributed by atoms with Crippen molar-refractivity contribution in [3.05, 3.63) is 92.2 Å². The Morgan fingerprint density at radius 2 is 1.79 bits per heavy atom.